The van der Waals surface area contributed by atoms with Crippen molar-refractivity contribution in [2.45, 2.75) is 71.1 Å². The zero-order valence-corrected chi connectivity index (χ0v) is 13.6. The van der Waals surface area contributed by atoms with Crippen LogP contribution in [0.25, 0.3) is 0 Å². The van der Waals surface area contributed by atoms with E-state index >= 15 is 0 Å². The molecule has 0 amide bonds. The number of allylic oxidation sites excluding steroid dienone is 1. The van der Waals surface area contributed by atoms with Gasteiger partial charge in [0.05, 0.1) is 6.10 Å². The molecule has 2 nitrogen and oxygen atoms in total. The van der Waals surface area contributed by atoms with Crippen LogP contribution in [0.15, 0.2) is 11.6 Å². The highest BCUT2D eigenvalue weighted by Crippen LogP contribution is 2.65. The fourth-order valence-corrected chi connectivity index (χ4v) is 6.55. The quantitative estimate of drug-likeness (QED) is 0.738. The topological polar surface area (TPSA) is 37.3 Å². The maximum Gasteiger partial charge on any atom is 0.189 e. The van der Waals surface area contributed by atoms with E-state index in [-0.39, 0.29) is 22.7 Å². The number of carbonyl (C=O) groups excluding carboxylic acids is 1. The summed E-state index contributed by atoms with van der Waals surface area (Å²) in [5, 5.41) is 10.4. The Morgan fingerprint density at radius 3 is 2.73 bits per heavy atom. The second kappa shape index (κ2) is 4.66. The zero-order chi connectivity index (χ0) is 15.7. The van der Waals surface area contributed by atoms with Gasteiger partial charge < -0.3 is 5.11 Å². The molecule has 0 saturated heterocycles. The maximum atomic E-state index is 14.1. The second-order valence-electron chi connectivity index (χ2n) is 8.71. The number of aliphatic hydroxyl groups excluding tert-OH is 1. The van der Waals surface area contributed by atoms with Crippen LogP contribution in [0.4, 0.5) is 4.39 Å². The van der Waals surface area contributed by atoms with E-state index in [0.29, 0.717) is 24.2 Å². The molecule has 0 aliphatic heterocycles. The molecule has 0 aromatic rings. The third-order valence-corrected chi connectivity index (χ3v) is 7.91. The van der Waals surface area contributed by atoms with E-state index in [0.717, 1.165) is 38.5 Å². The largest absolute Gasteiger partial charge is 0.393 e. The third kappa shape index (κ3) is 1.78. The van der Waals surface area contributed by atoms with Gasteiger partial charge in [-0.25, -0.2) is 4.39 Å². The van der Waals surface area contributed by atoms with Crippen LogP contribution in [0.1, 0.15) is 58.8 Å². The first kappa shape index (κ1) is 14.9. The van der Waals surface area contributed by atoms with E-state index in [1.54, 1.807) is 6.08 Å². The molecule has 0 unspecified atom stereocenters. The lowest BCUT2D eigenvalue weighted by Crippen LogP contribution is -2.52. The van der Waals surface area contributed by atoms with Gasteiger partial charge in [0.2, 0.25) is 0 Å². The van der Waals surface area contributed by atoms with Gasteiger partial charge in [-0.15, -0.1) is 0 Å². The van der Waals surface area contributed by atoms with E-state index in [1.165, 1.54) is 5.57 Å². The standard InChI is InChI=1S/C19H27FO2/c1-18-8-7-14-12(13(18)5-6-17(18)22)4-3-11-9-16(21)15(20)10-19(11,14)2/h9,12-15,17,22H,3-8,10H2,1-2H3/t12-,13-,14-,15+,17-,18-,19-/m0/s1. The molecule has 0 heterocycles. The molecular weight excluding hydrogens is 279 g/mol. The maximum absolute atomic E-state index is 14.1. The van der Waals surface area contributed by atoms with Gasteiger partial charge in [-0.05, 0) is 79.6 Å². The summed E-state index contributed by atoms with van der Waals surface area (Å²) in [6.07, 6.45) is 6.76. The number of hydrogen-bond donors (Lipinski definition) is 1. The molecule has 3 saturated carbocycles. The number of hydrogen-bond acceptors (Lipinski definition) is 2. The highest BCUT2D eigenvalue weighted by atomic mass is 19.1. The minimum Gasteiger partial charge on any atom is -0.393 e. The Balaban J connectivity index is 1.70. The van der Waals surface area contributed by atoms with Crippen LogP contribution in [0.3, 0.4) is 0 Å². The van der Waals surface area contributed by atoms with Gasteiger partial charge in [-0.1, -0.05) is 19.4 Å². The summed E-state index contributed by atoms with van der Waals surface area (Å²) >= 11 is 0. The van der Waals surface area contributed by atoms with Crippen LogP contribution in [0.2, 0.25) is 0 Å². The van der Waals surface area contributed by atoms with E-state index in [2.05, 4.69) is 13.8 Å². The van der Waals surface area contributed by atoms with Crippen molar-refractivity contribution in [3.63, 3.8) is 0 Å². The van der Waals surface area contributed by atoms with Crippen LogP contribution >= 0.6 is 0 Å². The van der Waals surface area contributed by atoms with E-state index in [4.69, 9.17) is 0 Å². The summed E-state index contributed by atoms with van der Waals surface area (Å²) in [5.41, 5.74) is 1.14. The summed E-state index contributed by atoms with van der Waals surface area (Å²) in [6, 6.07) is 0. The molecule has 0 spiro atoms. The molecule has 0 radical (unpaired) electrons. The van der Waals surface area contributed by atoms with Crippen molar-refractivity contribution < 1.29 is 14.3 Å². The molecule has 122 valence electrons. The van der Waals surface area contributed by atoms with Crippen molar-refractivity contribution >= 4 is 5.78 Å². The summed E-state index contributed by atoms with van der Waals surface area (Å²) < 4.78 is 14.1. The average Bonchev–Trinajstić information content (AvgIpc) is 2.77. The number of halogens is 1. The van der Waals surface area contributed by atoms with Crippen molar-refractivity contribution in [2.24, 2.45) is 28.6 Å². The first-order valence-corrected chi connectivity index (χ1v) is 8.93. The Hall–Kier alpha value is -0.700. The fraction of sp³-hybridized carbons (Fsp3) is 0.842. The highest BCUT2D eigenvalue weighted by molar-refractivity contribution is 5.95. The van der Waals surface area contributed by atoms with Gasteiger partial charge >= 0.3 is 0 Å². The monoisotopic (exact) mass is 306 g/mol. The van der Waals surface area contributed by atoms with Gasteiger partial charge in [-0.3, -0.25) is 4.79 Å². The Bertz CT molecular complexity index is 542. The van der Waals surface area contributed by atoms with E-state index < -0.39 is 6.17 Å². The predicted octanol–water partition coefficient (Wildman–Crippen LogP) is 3.83. The van der Waals surface area contributed by atoms with Crippen LogP contribution in [-0.4, -0.2) is 23.2 Å². The van der Waals surface area contributed by atoms with Crippen molar-refractivity contribution in [1.29, 1.82) is 0 Å². The number of carbonyl (C=O) groups is 1. The number of fused-ring (bicyclic) bond motifs is 5. The molecule has 0 aromatic carbocycles. The molecule has 22 heavy (non-hydrogen) atoms. The van der Waals surface area contributed by atoms with Crippen LogP contribution in [-0.2, 0) is 4.79 Å². The van der Waals surface area contributed by atoms with Crippen molar-refractivity contribution in [3.8, 4) is 0 Å². The number of alkyl halides is 1. The lowest BCUT2D eigenvalue weighted by Gasteiger charge is -2.57. The Morgan fingerprint density at radius 1 is 1.18 bits per heavy atom. The lowest BCUT2D eigenvalue weighted by atomic mass is 9.47. The van der Waals surface area contributed by atoms with Gasteiger partial charge in [0, 0.05) is 0 Å². The normalized spacial score (nSPS) is 54.3. The van der Waals surface area contributed by atoms with Gasteiger partial charge in [-0.2, -0.15) is 0 Å². The van der Waals surface area contributed by atoms with Gasteiger partial charge in [0.25, 0.3) is 0 Å². The average molecular weight is 306 g/mol. The Labute approximate surface area is 132 Å². The van der Waals surface area contributed by atoms with Gasteiger partial charge in [0.1, 0.15) is 0 Å². The van der Waals surface area contributed by atoms with Crippen molar-refractivity contribution in [3.05, 3.63) is 11.6 Å². The SMILES string of the molecule is C[C@]12CC[C@H]3[C@@H](CCC4=CC(=O)[C@H](F)C[C@@]43C)[C@@H]1CC[C@@H]2O. The molecule has 3 fully saturated rings. The molecule has 7 atom stereocenters. The fourth-order valence-electron chi connectivity index (χ4n) is 6.55. The summed E-state index contributed by atoms with van der Waals surface area (Å²) in [6.45, 7) is 4.46. The summed E-state index contributed by atoms with van der Waals surface area (Å²) in [5.74, 6) is 1.35. The Morgan fingerprint density at radius 2 is 1.95 bits per heavy atom. The van der Waals surface area contributed by atoms with Crippen LogP contribution in [0.5, 0.6) is 0 Å². The molecule has 4 aliphatic rings. The van der Waals surface area contributed by atoms with Crippen LogP contribution < -0.4 is 0 Å². The molecule has 1 N–H and O–H groups in total. The molecule has 4 aliphatic carbocycles. The predicted molar refractivity (Wildman–Crippen MR) is 83.0 cm³/mol. The molecule has 3 heteroatoms. The number of aliphatic hydroxyl groups is 1. The highest BCUT2D eigenvalue weighted by Gasteiger charge is 2.59. The third-order valence-electron chi connectivity index (χ3n) is 7.91. The lowest BCUT2D eigenvalue weighted by molar-refractivity contribution is -0.124. The van der Waals surface area contributed by atoms with Crippen molar-refractivity contribution in [2.75, 3.05) is 0 Å². The Kier molecular flexibility index (Phi) is 3.15. The second-order valence-corrected chi connectivity index (χ2v) is 8.71. The minimum absolute atomic E-state index is 0.0678. The molecule has 0 aromatic heterocycles. The first-order chi connectivity index (χ1) is 10.4. The van der Waals surface area contributed by atoms with E-state index in [9.17, 15) is 14.3 Å². The zero-order valence-electron chi connectivity index (χ0n) is 13.6. The number of ketones is 1. The summed E-state index contributed by atoms with van der Waals surface area (Å²) in [4.78, 5) is 11.7. The van der Waals surface area contributed by atoms with E-state index in [1.807, 2.05) is 0 Å². The smallest absolute Gasteiger partial charge is 0.189 e. The van der Waals surface area contributed by atoms with Gasteiger partial charge in [0.15, 0.2) is 12.0 Å². The molecule has 4 rings (SSSR count). The summed E-state index contributed by atoms with van der Waals surface area (Å²) in [7, 11) is 0. The van der Waals surface area contributed by atoms with Crippen molar-refractivity contribution in [1.82, 2.24) is 0 Å². The minimum atomic E-state index is -1.31. The van der Waals surface area contributed by atoms with Crippen LogP contribution in [0, 0.1) is 28.6 Å². The molecule has 0 bridgehead atoms. The number of rotatable bonds is 0. The molecular formula is C19H27FO2. The first-order valence-electron chi connectivity index (χ1n) is 8.93.